The molecular weight excluding hydrogens is 397 g/mol. The summed E-state index contributed by atoms with van der Waals surface area (Å²) < 4.78 is 7.00. The molecule has 0 atom stereocenters. The van der Waals surface area contributed by atoms with Crippen molar-refractivity contribution in [3.63, 3.8) is 0 Å². The van der Waals surface area contributed by atoms with Crippen LogP contribution in [0, 0.1) is 6.92 Å². The van der Waals surface area contributed by atoms with Crippen LogP contribution in [0.5, 0.6) is 0 Å². The van der Waals surface area contributed by atoms with E-state index in [0.717, 1.165) is 5.56 Å². The first-order valence-electron chi connectivity index (χ1n) is 7.55. The highest BCUT2D eigenvalue weighted by Gasteiger charge is 2.20. The van der Waals surface area contributed by atoms with Gasteiger partial charge in [0.15, 0.2) is 0 Å². The largest absolute Gasteiger partial charge is 0.401 e. The summed E-state index contributed by atoms with van der Waals surface area (Å²) in [4.78, 5) is 21.2. The van der Waals surface area contributed by atoms with Crippen molar-refractivity contribution >= 4 is 45.7 Å². The summed E-state index contributed by atoms with van der Waals surface area (Å²) in [7, 11) is 0. The topological polar surface area (TPSA) is 60.9 Å². The van der Waals surface area contributed by atoms with Gasteiger partial charge in [-0.25, -0.2) is 14.8 Å². The summed E-state index contributed by atoms with van der Waals surface area (Å²) in [6.07, 6.45) is 1.62. The minimum absolute atomic E-state index is 0.0902. The molecular formula is C18H10Cl3N3O2. The van der Waals surface area contributed by atoms with Crippen LogP contribution in [-0.4, -0.2) is 14.5 Å². The Morgan fingerprint density at radius 2 is 1.92 bits per heavy atom. The lowest BCUT2D eigenvalue weighted by Crippen LogP contribution is -2.07. The second-order valence-corrected chi connectivity index (χ2v) is 6.82. The quantitative estimate of drug-likeness (QED) is 0.452. The van der Waals surface area contributed by atoms with Crippen molar-refractivity contribution in [2.75, 3.05) is 0 Å². The molecule has 0 aliphatic heterocycles. The Labute approximate surface area is 162 Å². The van der Waals surface area contributed by atoms with Crippen LogP contribution in [-0.2, 0) is 0 Å². The molecule has 4 rings (SSSR count). The molecule has 0 spiro atoms. The summed E-state index contributed by atoms with van der Waals surface area (Å²) in [6.45, 7) is 1.82. The lowest BCUT2D eigenvalue weighted by atomic mass is 10.1. The molecule has 4 aromatic rings. The maximum atomic E-state index is 12.5. The highest BCUT2D eigenvalue weighted by atomic mass is 35.5. The molecule has 0 saturated carbocycles. The lowest BCUT2D eigenvalue weighted by molar-refractivity contribution is 0.514. The summed E-state index contributed by atoms with van der Waals surface area (Å²) >= 11 is 18.6. The molecule has 3 heterocycles. The fraction of sp³-hybridized carbons (Fsp3) is 0.0556. The Bertz CT molecular complexity index is 1200. The SMILES string of the molecule is Cc1cc(Cl)cc2c(=O)oc(-c3cc(Cl)c(Cl)n3-c3ccccn3)nc12. The average molecular weight is 407 g/mol. The van der Waals surface area contributed by atoms with Crippen molar-refractivity contribution in [1.29, 1.82) is 0 Å². The van der Waals surface area contributed by atoms with E-state index in [1.165, 1.54) is 6.07 Å². The number of aromatic nitrogens is 3. The predicted molar refractivity (Wildman–Crippen MR) is 103 cm³/mol. The fourth-order valence-corrected chi connectivity index (χ4v) is 3.43. The first-order chi connectivity index (χ1) is 12.5. The van der Waals surface area contributed by atoms with Gasteiger partial charge in [-0.2, -0.15) is 0 Å². The number of hydrogen-bond donors (Lipinski definition) is 0. The first kappa shape index (κ1) is 17.1. The summed E-state index contributed by atoms with van der Waals surface area (Å²) in [5.74, 6) is 0.615. The van der Waals surface area contributed by atoms with Crippen LogP contribution in [0.4, 0.5) is 0 Å². The second-order valence-electron chi connectivity index (χ2n) is 5.62. The third-order valence-electron chi connectivity index (χ3n) is 3.88. The van der Waals surface area contributed by atoms with Gasteiger partial charge in [0.25, 0.3) is 0 Å². The van der Waals surface area contributed by atoms with E-state index in [1.807, 2.05) is 13.0 Å². The van der Waals surface area contributed by atoms with Crippen molar-refractivity contribution < 1.29 is 4.42 Å². The van der Waals surface area contributed by atoms with Gasteiger partial charge in [-0.3, -0.25) is 4.57 Å². The van der Waals surface area contributed by atoms with Crippen molar-refractivity contribution in [2.24, 2.45) is 0 Å². The highest BCUT2D eigenvalue weighted by molar-refractivity contribution is 6.42. The molecule has 0 fully saturated rings. The lowest BCUT2D eigenvalue weighted by Gasteiger charge is -2.09. The first-order valence-corrected chi connectivity index (χ1v) is 8.68. The molecule has 0 aliphatic carbocycles. The van der Waals surface area contributed by atoms with E-state index in [4.69, 9.17) is 39.2 Å². The van der Waals surface area contributed by atoms with Crippen molar-refractivity contribution in [3.05, 3.63) is 73.8 Å². The highest BCUT2D eigenvalue weighted by Crippen LogP contribution is 2.34. The molecule has 0 saturated heterocycles. The minimum Gasteiger partial charge on any atom is -0.401 e. The standard InChI is InChI=1S/C18H10Cl3N3O2/c1-9-6-10(19)7-11-15(9)23-17(26-18(11)25)13-8-12(20)16(21)24(13)14-4-2-3-5-22-14/h2-8H,1H3. The van der Waals surface area contributed by atoms with Crippen molar-refractivity contribution in [2.45, 2.75) is 6.92 Å². The molecule has 8 heteroatoms. The third kappa shape index (κ3) is 2.78. The maximum absolute atomic E-state index is 12.5. The van der Waals surface area contributed by atoms with Gasteiger partial charge in [0.2, 0.25) is 5.89 Å². The van der Waals surface area contributed by atoms with Gasteiger partial charge in [0.1, 0.15) is 16.7 Å². The summed E-state index contributed by atoms with van der Waals surface area (Å²) in [5, 5.41) is 1.30. The van der Waals surface area contributed by atoms with Crippen LogP contribution >= 0.6 is 34.8 Å². The molecule has 0 aliphatic rings. The van der Waals surface area contributed by atoms with E-state index in [2.05, 4.69) is 9.97 Å². The number of pyridine rings is 1. The maximum Gasteiger partial charge on any atom is 0.347 e. The van der Waals surface area contributed by atoms with Crippen LogP contribution in [0.2, 0.25) is 15.2 Å². The van der Waals surface area contributed by atoms with Crippen LogP contribution < -0.4 is 5.63 Å². The molecule has 0 N–H and O–H groups in total. The number of aryl methyl sites for hydroxylation is 1. The zero-order chi connectivity index (χ0) is 18.4. The number of fused-ring (bicyclic) bond motifs is 1. The number of hydrogen-bond acceptors (Lipinski definition) is 4. The van der Waals surface area contributed by atoms with Gasteiger partial charge in [-0.15, -0.1) is 0 Å². The van der Waals surface area contributed by atoms with Crippen molar-refractivity contribution in [1.82, 2.24) is 14.5 Å². The second kappa shape index (κ2) is 6.43. The molecule has 0 unspecified atom stereocenters. The summed E-state index contributed by atoms with van der Waals surface area (Å²) in [5.41, 5.74) is 1.14. The van der Waals surface area contributed by atoms with Crippen molar-refractivity contribution in [3.8, 4) is 17.4 Å². The van der Waals surface area contributed by atoms with Crippen LogP contribution in [0.25, 0.3) is 28.3 Å². The average Bonchev–Trinajstić information content (AvgIpc) is 2.91. The van der Waals surface area contributed by atoms with E-state index in [9.17, 15) is 4.79 Å². The summed E-state index contributed by atoms with van der Waals surface area (Å²) in [6, 6.07) is 10.2. The zero-order valence-corrected chi connectivity index (χ0v) is 15.6. The molecule has 5 nitrogen and oxygen atoms in total. The number of halogens is 3. The van der Waals surface area contributed by atoms with E-state index in [0.29, 0.717) is 32.5 Å². The molecule has 0 amide bonds. The molecule has 0 bridgehead atoms. The van der Waals surface area contributed by atoms with Crippen LogP contribution in [0.15, 0.2) is 51.8 Å². The Kier molecular flexibility index (Phi) is 4.23. The van der Waals surface area contributed by atoms with Crippen LogP contribution in [0.3, 0.4) is 0 Å². The minimum atomic E-state index is -0.545. The predicted octanol–water partition coefficient (Wildman–Crippen LogP) is 5.31. The van der Waals surface area contributed by atoms with Gasteiger partial charge in [-0.05, 0) is 42.8 Å². The third-order valence-corrected chi connectivity index (χ3v) is 4.86. The van der Waals surface area contributed by atoms with Gasteiger partial charge < -0.3 is 4.42 Å². The molecule has 3 aromatic heterocycles. The smallest absolute Gasteiger partial charge is 0.347 e. The van der Waals surface area contributed by atoms with E-state index in [-0.39, 0.29) is 11.0 Å². The molecule has 0 radical (unpaired) electrons. The normalized spacial score (nSPS) is 11.2. The molecule has 1 aromatic carbocycles. The number of nitrogens with zero attached hydrogens (tertiary/aromatic N) is 3. The fourth-order valence-electron chi connectivity index (χ4n) is 2.74. The van der Waals surface area contributed by atoms with E-state index >= 15 is 0 Å². The molecule has 130 valence electrons. The van der Waals surface area contributed by atoms with Gasteiger partial charge >= 0.3 is 5.63 Å². The Morgan fingerprint density at radius 3 is 2.65 bits per heavy atom. The number of benzene rings is 1. The van der Waals surface area contributed by atoms with E-state index < -0.39 is 5.63 Å². The van der Waals surface area contributed by atoms with Gasteiger partial charge in [0.05, 0.1) is 15.9 Å². The number of rotatable bonds is 2. The Morgan fingerprint density at radius 1 is 1.12 bits per heavy atom. The molecule has 26 heavy (non-hydrogen) atoms. The van der Waals surface area contributed by atoms with Gasteiger partial charge in [-0.1, -0.05) is 40.9 Å². The monoisotopic (exact) mass is 405 g/mol. The van der Waals surface area contributed by atoms with E-state index in [1.54, 1.807) is 35.0 Å². The van der Waals surface area contributed by atoms with Crippen LogP contribution in [0.1, 0.15) is 5.56 Å². The van der Waals surface area contributed by atoms with Gasteiger partial charge in [0, 0.05) is 11.2 Å². The zero-order valence-electron chi connectivity index (χ0n) is 13.3. The Balaban J connectivity index is 2.03. The Hall–Kier alpha value is -2.34.